The maximum atomic E-state index is 12.1. The normalized spacial score (nSPS) is 13.5. The summed E-state index contributed by atoms with van der Waals surface area (Å²) in [6, 6.07) is 4.68. The number of benzene rings is 1. The van der Waals surface area contributed by atoms with Crippen LogP contribution in [0, 0.1) is 0 Å². The predicted molar refractivity (Wildman–Crippen MR) is 82.4 cm³/mol. The van der Waals surface area contributed by atoms with Crippen molar-refractivity contribution in [2.45, 2.75) is 24.4 Å². The van der Waals surface area contributed by atoms with Gasteiger partial charge >= 0.3 is 0 Å². The van der Waals surface area contributed by atoms with E-state index < -0.39 is 10.0 Å². The minimum atomic E-state index is -3.50. The molecule has 4 nitrogen and oxygen atoms in total. The molecule has 0 fully saturated rings. The maximum Gasteiger partial charge on any atom is 0.240 e. The van der Waals surface area contributed by atoms with Gasteiger partial charge in [0.15, 0.2) is 0 Å². The van der Waals surface area contributed by atoms with Crippen LogP contribution in [0.4, 0.5) is 0 Å². The molecule has 0 aliphatic rings. The van der Waals surface area contributed by atoms with Crippen molar-refractivity contribution in [1.29, 1.82) is 0 Å². The average Bonchev–Trinajstić information content (AvgIpc) is 2.31. The second kappa shape index (κ2) is 7.50. The van der Waals surface area contributed by atoms with Crippen LogP contribution < -0.4 is 10.0 Å². The van der Waals surface area contributed by atoms with Crippen LogP contribution in [-0.4, -0.2) is 33.5 Å². The van der Waals surface area contributed by atoms with E-state index in [0.717, 1.165) is 11.3 Å². The molecule has 1 aromatic rings. The Morgan fingerprint density at radius 3 is 2.63 bits per heavy atom. The lowest BCUT2D eigenvalue weighted by Gasteiger charge is -2.14. The van der Waals surface area contributed by atoms with Gasteiger partial charge in [0, 0.05) is 23.4 Å². The number of halogens is 1. The molecule has 0 amide bonds. The Morgan fingerprint density at radius 1 is 1.42 bits per heavy atom. The van der Waals surface area contributed by atoms with Crippen molar-refractivity contribution < 1.29 is 8.42 Å². The Hall–Kier alpha value is -0.270. The van der Waals surface area contributed by atoms with Crippen LogP contribution in [0.15, 0.2) is 23.1 Å². The highest BCUT2D eigenvalue weighted by Crippen LogP contribution is 2.21. The lowest BCUT2D eigenvalue weighted by atomic mass is 10.2. The number of rotatable bonds is 7. The quantitative estimate of drug-likeness (QED) is 0.807. The molecule has 0 saturated heterocycles. The second-order valence-corrected chi connectivity index (χ2v) is 7.29. The molecule has 0 aliphatic heterocycles. The fourth-order valence-electron chi connectivity index (χ4n) is 1.65. The van der Waals surface area contributed by atoms with Crippen LogP contribution in [-0.2, 0) is 16.6 Å². The first-order valence-electron chi connectivity index (χ1n) is 5.85. The number of hydrogen-bond donors (Lipinski definition) is 2. The summed E-state index contributed by atoms with van der Waals surface area (Å²) >= 11 is 7.67. The molecule has 7 heteroatoms. The zero-order valence-electron chi connectivity index (χ0n) is 11.2. The predicted octanol–water partition coefficient (Wildman–Crippen LogP) is 2.09. The molecule has 108 valence electrons. The number of hydrogen-bond acceptors (Lipinski definition) is 4. The van der Waals surface area contributed by atoms with Gasteiger partial charge in [0.2, 0.25) is 10.0 Å². The van der Waals surface area contributed by atoms with Gasteiger partial charge in [-0.2, -0.15) is 11.8 Å². The Morgan fingerprint density at radius 2 is 2.11 bits per heavy atom. The third-order valence-electron chi connectivity index (χ3n) is 2.48. The van der Waals surface area contributed by atoms with Crippen molar-refractivity contribution in [3.8, 4) is 0 Å². The summed E-state index contributed by atoms with van der Waals surface area (Å²) in [6.45, 7) is 2.44. The smallest absolute Gasteiger partial charge is 0.240 e. The third-order valence-corrected chi connectivity index (χ3v) is 5.25. The lowest BCUT2D eigenvalue weighted by Crippen LogP contribution is -2.34. The fraction of sp³-hybridized carbons (Fsp3) is 0.500. The molecule has 0 radical (unpaired) electrons. The summed E-state index contributed by atoms with van der Waals surface area (Å²) in [5.41, 5.74) is 0.875. The Kier molecular flexibility index (Phi) is 6.62. The molecule has 1 atom stereocenters. The summed E-state index contributed by atoms with van der Waals surface area (Å²) in [7, 11) is -1.69. The van der Waals surface area contributed by atoms with Gasteiger partial charge in [-0.15, -0.1) is 0 Å². The van der Waals surface area contributed by atoms with E-state index in [1.54, 1.807) is 23.9 Å². The van der Waals surface area contributed by atoms with Crippen molar-refractivity contribution >= 4 is 33.4 Å². The monoisotopic (exact) mass is 322 g/mol. The molecule has 0 spiro atoms. The Labute approximate surface area is 124 Å². The van der Waals surface area contributed by atoms with Crippen LogP contribution in [0.25, 0.3) is 0 Å². The Balaban J connectivity index is 2.93. The SMILES string of the molecule is CNCc1ccc(S(=O)(=O)NC(C)CSC)cc1Cl. The molecule has 0 aliphatic carbocycles. The van der Waals surface area contributed by atoms with Gasteiger partial charge in [-0.05, 0) is 37.9 Å². The van der Waals surface area contributed by atoms with Crippen molar-refractivity contribution in [1.82, 2.24) is 10.0 Å². The number of sulfonamides is 1. The van der Waals surface area contributed by atoms with Crippen molar-refractivity contribution in [3.63, 3.8) is 0 Å². The van der Waals surface area contributed by atoms with E-state index in [2.05, 4.69) is 10.0 Å². The molecule has 0 heterocycles. The Bertz CT molecular complexity index is 520. The number of nitrogens with one attached hydrogen (secondary N) is 2. The molecule has 1 aromatic carbocycles. The van der Waals surface area contributed by atoms with Crippen LogP contribution >= 0.6 is 23.4 Å². The van der Waals surface area contributed by atoms with E-state index in [-0.39, 0.29) is 10.9 Å². The van der Waals surface area contributed by atoms with Gasteiger partial charge in [0.05, 0.1) is 4.90 Å². The van der Waals surface area contributed by atoms with Gasteiger partial charge in [-0.25, -0.2) is 13.1 Å². The second-order valence-electron chi connectivity index (χ2n) is 4.26. The van der Waals surface area contributed by atoms with Crippen LogP contribution in [0.1, 0.15) is 12.5 Å². The van der Waals surface area contributed by atoms with E-state index in [0.29, 0.717) is 11.6 Å². The molecule has 1 rings (SSSR count). The molecule has 0 saturated carbocycles. The largest absolute Gasteiger partial charge is 0.316 e. The van der Waals surface area contributed by atoms with E-state index >= 15 is 0 Å². The highest BCUT2D eigenvalue weighted by Gasteiger charge is 2.18. The number of thioether (sulfide) groups is 1. The standard InChI is InChI=1S/C12H19ClN2O2S2/c1-9(8-18-3)15-19(16,17)11-5-4-10(7-14-2)12(13)6-11/h4-6,9,14-15H,7-8H2,1-3H3. The first-order valence-corrected chi connectivity index (χ1v) is 9.10. The van der Waals surface area contributed by atoms with Crippen LogP contribution in [0.2, 0.25) is 5.02 Å². The lowest BCUT2D eigenvalue weighted by molar-refractivity contribution is 0.571. The van der Waals surface area contributed by atoms with E-state index in [1.165, 1.54) is 6.07 Å². The first kappa shape index (κ1) is 16.8. The van der Waals surface area contributed by atoms with Gasteiger partial charge in [-0.3, -0.25) is 0 Å². The fourth-order valence-corrected chi connectivity index (χ4v) is 3.92. The highest BCUT2D eigenvalue weighted by atomic mass is 35.5. The minimum Gasteiger partial charge on any atom is -0.316 e. The maximum absolute atomic E-state index is 12.1. The first-order chi connectivity index (χ1) is 8.90. The van der Waals surface area contributed by atoms with Gasteiger partial charge in [0.1, 0.15) is 0 Å². The zero-order chi connectivity index (χ0) is 14.5. The van der Waals surface area contributed by atoms with Gasteiger partial charge < -0.3 is 5.32 Å². The molecule has 2 N–H and O–H groups in total. The molecular weight excluding hydrogens is 304 g/mol. The molecule has 1 unspecified atom stereocenters. The van der Waals surface area contributed by atoms with E-state index in [9.17, 15) is 8.42 Å². The van der Waals surface area contributed by atoms with E-state index in [4.69, 9.17) is 11.6 Å². The van der Waals surface area contributed by atoms with Crippen LogP contribution in [0.3, 0.4) is 0 Å². The summed E-state index contributed by atoms with van der Waals surface area (Å²) in [6.07, 6.45) is 1.94. The summed E-state index contributed by atoms with van der Waals surface area (Å²) in [5, 5.41) is 3.43. The van der Waals surface area contributed by atoms with E-state index in [1.807, 2.05) is 20.2 Å². The third kappa shape index (κ3) is 4.96. The minimum absolute atomic E-state index is 0.115. The summed E-state index contributed by atoms with van der Waals surface area (Å²) in [4.78, 5) is 0.199. The zero-order valence-corrected chi connectivity index (χ0v) is 13.6. The molecular formula is C12H19ClN2O2S2. The van der Waals surface area contributed by atoms with Gasteiger partial charge in [0.25, 0.3) is 0 Å². The molecule has 0 aromatic heterocycles. The van der Waals surface area contributed by atoms with Gasteiger partial charge in [-0.1, -0.05) is 17.7 Å². The summed E-state index contributed by atoms with van der Waals surface area (Å²) < 4.78 is 26.9. The van der Waals surface area contributed by atoms with Crippen LogP contribution in [0.5, 0.6) is 0 Å². The average molecular weight is 323 g/mol. The summed E-state index contributed by atoms with van der Waals surface area (Å²) in [5.74, 6) is 0.727. The molecule has 0 bridgehead atoms. The van der Waals surface area contributed by atoms with Crippen molar-refractivity contribution in [2.24, 2.45) is 0 Å². The topological polar surface area (TPSA) is 58.2 Å². The molecule has 19 heavy (non-hydrogen) atoms. The van der Waals surface area contributed by atoms with Crippen molar-refractivity contribution in [2.75, 3.05) is 19.1 Å². The highest BCUT2D eigenvalue weighted by molar-refractivity contribution is 7.98. The van der Waals surface area contributed by atoms with Crippen molar-refractivity contribution in [3.05, 3.63) is 28.8 Å².